The quantitative estimate of drug-likeness (QED) is 0.301. The van der Waals surface area contributed by atoms with Crippen molar-refractivity contribution in [1.29, 1.82) is 0 Å². The summed E-state index contributed by atoms with van der Waals surface area (Å²) in [4.78, 5) is 39.1. The van der Waals surface area contributed by atoms with E-state index >= 15 is 0 Å². The minimum absolute atomic E-state index is 0.0909. The largest absolute Gasteiger partial charge is 0.484 e. The van der Waals surface area contributed by atoms with Gasteiger partial charge in [0.05, 0.1) is 15.9 Å². The molecule has 1 amide bonds. The van der Waals surface area contributed by atoms with Crippen LogP contribution in [0.5, 0.6) is 5.75 Å². The van der Waals surface area contributed by atoms with Gasteiger partial charge in [-0.05, 0) is 79.9 Å². The summed E-state index contributed by atoms with van der Waals surface area (Å²) in [5.41, 5.74) is -0.925. The minimum atomic E-state index is -1.48. The van der Waals surface area contributed by atoms with Gasteiger partial charge in [-0.2, -0.15) is 0 Å². The zero-order chi connectivity index (χ0) is 27.0. The van der Waals surface area contributed by atoms with Crippen LogP contribution in [-0.4, -0.2) is 67.1 Å². The highest BCUT2D eigenvalue weighted by Crippen LogP contribution is 2.42. The normalized spacial score (nSPS) is 17.7. The van der Waals surface area contributed by atoms with E-state index in [0.717, 1.165) is 32.0 Å². The van der Waals surface area contributed by atoms with Gasteiger partial charge < -0.3 is 24.8 Å². The van der Waals surface area contributed by atoms with Crippen LogP contribution in [0.4, 0.5) is 0 Å². The van der Waals surface area contributed by atoms with Gasteiger partial charge >= 0.3 is 5.97 Å². The molecule has 4 rings (SSSR count). The van der Waals surface area contributed by atoms with Crippen LogP contribution in [0.3, 0.4) is 0 Å². The Morgan fingerprint density at radius 2 is 1.68 bits per heavy atom. The molecule has 2 N–H and O–H groups in total. The summed E-state index contributed by atoms with van der Waals surface area (Å²) in [5, 5.41) is 17.0. The highest BCUT2D eigenvalue weighted by atomic mass is 32.1. The maximum absolute atomic E-state index is 12.6. The molecule has 0 spiro atoms. The average molecular weight is 557 g/mol. The summed E-state index contributed by atoms with van der Waals surface area (Å²) in [5.74, 6) is -0.659. The molecule has 8 nitrogen and oxygen atoms in total. The number of carbonyl (C=O) groups is 3. The number of hydrogen-bond donors (Lipinski definition) is 2. The first-order valence-electron chi connectivity index (χ1n) is 12.6. The number of thiophene rings is 2. The van der Waals surface area contributed by atoms with Crippen molar-refractivity contribution in [2.45, 2.75) is 43.4 Å². The van der Waals surface area contributed by atoms with Gasteiger partial charge in [-0.15, -0.1) is 22.7 Å². The molecule has 0 unspecified atom stereocenters. The number of carboxylic acids is 1. The molecule has 3 aromatic rings. The number of amides is 1. The van der Waals surface area contributed by atoms with Crippen LogP contribution < -0.4 is 10.1 Å². The molecule has 1 saturated carbocycles. The molecule has 0 atom stereocenters. The molecule has 2 aromatic heterocycles. The molecule has 10 heteroatoms. The second-order valence-electron chi connectivity index (χ2n) is 9.30. The van der Waals surface area contributed by atoms with E-state index in [1.54, 1.807) is 24.3 Å². The highest BCUT2D eigenvalue weighted by Gasteiger charge is 2.48. The van der Waals surface area contributed by atoms with E-state index in [2.05, 4.69) is 10.2 Å². The van der Waals surface area contributed by atoms with Gasteiger partial charge in [0.1, 0.15) is 12.0 Å². The first kappa shape index (κ1) is 28.0. The predicted octanol–water partition coefficient (Wildman–Crippen LogP) is 4.41. The summed E-state index contributed by atoms with van der Waals surface area (Å²) < 4.78 is 11.9. The first-order chi connectivity index (χ1) is 18.4. The van der Waals surface area contributed by atoms with Crippen molar-refractivity contribution in [2.75, 3.05) is 26.7 Å². The standard InChI is InChI=1S/C28H32N2O6S2/c1-30(15-14-29-26(32)19-35-22-10-6-20(18-31)7-11-22)21-8-12-23(13-9-21)36-28(27(33)34,24-4-2-16-37-24)25-5-3-17-38-25/h2-7,10-11,16-18,21,23H,8-9,12-15,19H2,1H3,(H,29,32)(H,33,34)/t21-,23-. The molecular formula is C28H32N2O6S2. The zero-order valence-corrected chi connectivity index (χ0v) is 22.8. The summed E-state index contributed by atoms with van der Waals surface area (Å²) in [6.07, 6.45) is 3.91. The number of nitrogens with one attached hydrogen (secondary N) is 1. The molecule has 0 radical (unpaired) electrons. The van der Waals surface area contributed by atoms with Crippen LogP contribution in [0.1, 0.15) is 45.8 Å². The average Bonchev–Trinajstić information content (AvgIpc) is 3.67. The Kier molecular flexibility index (Phi) is 9.68. The van der Waals surface area contributed by atoms with Crippen molar-refractivity contribution in [3.05, 3.63) is 74.6 Å². The number of rotatable bonds is 13. The highest BCUT2D eigenvalue weighted by molar-refractivity contribution is 7.12. The van der Waals surface area contributed by atoms with Crippen molar-refractivity contribution in [2.24, 2.45) is 0 Å². The zero-order valence-electron chi connectivity index (χ0n) is 21.2. The SMILES string of the molecule is CN(CCNC(=O)COc1ccc(C=O)cc1)[C@H]1CC[C@H](OC(C(=O)O)(c2cccs2)c2cccs2)CC1. The van der Waals surface area contributed by atoms with Gasteiger partial charge in [-0.3, -0.25) is 9.59 Å². The van der Waals surface area contributed by atoms with Crippen LogP contribution >= 0.6 is 22.7 Å². The third-order valence-electron chi connectivity index (χ3n) is 6.82. The lowest BCUT2D eigenvalue weighted by Gasteiger charge is -2.38. The number of nitrogens with zero attached hydrogens (tertiary/aromatic N) is 1. The second kappa shape index (κ2) is 13.1. The number of carboxylic acid groups (broad SMARTS) is 1. The fourth-order valence-corrected chi connectivity index (χ4v) is 6.52. The molecule has 0 saturated heterocycles. The summed E-state index contributed by atoms with van der Waals surface area (Å²) in [6, 6.07) is 14.3. The Morgan fingerprint density at radius 3 is 2.21 bits per heavy atom. The van der Waals surface area contributed by atoms with Gasteiger partial charge in [-0.1, -0.05) is 12.1 Å². The van der Waals surface area contributed by atoms with Crippen LogP contribution in [0.25, 0.3) is 0 Å². The molecule has 1 fully saturated rings. The van der Waals surface area contributed by atoms with Crippen LogP contribution in [-0.2, 0) is 19.9 Å². The van der Waals surface area contributed by atoms with Crippen LogP contribution in [0, 0.1) is 0 Å². The predicted molar refractivity (Wildman–Crippen MR) is 147 cm³/mol. The Labute approximate surface area is 230 Å². The second-order valence-corrected chi connectivity index (χ2v) is 11.2. The number of ether oxygens (including phenoxy) is 2. The number of aliphatic carboxylic acids is 1. The van der Waals surface area contributed by atoms with E-state index in [4.69, 9.17) is 9.47 Å². The molecule has 2 heterocycles. The van der Waals surface area contributed by atoms with Crippen molar-refractivity contribution in [1.82, 2.24) is 10.2 Å². The Balaban J connectivity index is 1.23. The molecule has 38 heavy (non-hydrogen) atoms. The molecule has 202 valence electrons. The summed E-state index contributed by atoms with van der Waals surface area (Å²) in [6.45, 7) is 1.10. The first-order valence-corrected chi connectivity index (χ1v) is 14.3. The van der Waals surface area contributed by atoms with Crippen molar-refractivity contribution < 1.29 is 29.0 Å². The number of benzene rings is 1. The molecule has 1 aliphatic rings. The lowest BCUT2D eigenvalue weighted by molar-refractivity contribution is -0.170. The van der Waals surface area contributed by atoms with Crippen molar-refractivity contribution >= 4 is 40.8 Å². The maximum atomic E-state index is 12.6. The monoisotopic (exact) mass is 556 g/mol. The molecule has 0 aliphatic heterocycles. The summed E-state index contributed by atoms with van der Waals surface area (Å²) in [7, 11) is 2.04. The van der Waals surface area contributed by atoms with Crippen molar-refractivity contribution in [3.8, 4) is 5.75 Å². The Morgan fingerprint density at radius 1 is 1.05 bits per heavy atom. The third-order valence-corrected chi connectivity index (χ3v) is 8.76. The lowest BCUT2D eigenvalue weighted by Crippen LogP contribution is -2.45. The summed E-state index contributed by atoms with van der Waals surface area (Å²) >= 11 is 2.80. The molecular weight excluding hydrogens is 524 g/mol. The number of aldehydes is 1. The van der Waals surface area contributed by atoms with E-state index in [9.17, 15) is 19.5 Å². The lowest BCUT2D eigenvalue weighted by atomic mass is 9.90. The number of hydrogen-bond acceptors (Lipinski definition) is 8. The number of likely N-dealkylation sites (N-methyl/N-ethyl adjacent to an activating group) is 1. The van der Waals surface area contributed by atoms with E-state index in [1.807, 2.05) is 42.1 Å². The smallest absolute Gasteiger partial charge is 0.347 e. The third kappa shape index (κ3) is 6.68. The van der Waals surface area contributed by atoms with Gasteiger partial charge in [0.15, 0.2) is 6.61 Å². The van der Waals surface area contributed by atoms with Gasteiger partial charge in [0, 0.05) is 24.7 Å². The van der Waals surface area contributed by atoms with Crippen molar-refractivity contribution in [3.63, 3.8) is 0 Å². The van der Waals surface area contributed by atoms with E-state index < -0.39 is 11.6 Å². The number of carbonyl (C=O) groups excluding carboxylic acids is 2. The van der Waals surface area contributed by atoms with Crippen LogP contribution in [0.2, 0.25) is 0 Å². The van der Waals surface area contributed by atoms with Gasteiger partial charge in [0.25, 0.3) is 5.91 Å². The fraction of sp³-hybridized carbons (Fsp3) is 0.393. The Hall–Kier alpha value is -3.05. The maximum Gasteiger partial charge on any atom is 0.347 e. The van der Waals surface area contributed by atoms with E-state index in [1.165, 1.54) is 22.7 Å². The fourth-order valence-electron chi connectivity index (χ4n) is 4.71. The van der Waals surface area contributed by atoms with E-state index in [0.29, 0.717) is 40.2 Å². The molecule has 1 aliphatic carbocycles. The Bertz CT molecular complexity index is 1140. The molecule has 1 aromatic carbocycles. The van der Waals surface area contributed by atoms with Gasteiger partial charge in [-0.25, -0.2) is 4.79 Å². The minimum Gasteiger partial charge on any atom is -0.484 e. The van der Waals surface area contributed by atoms with Crippen LogP contribution in [0.15, 0.2) is 59.3 Å². The van der Waals surface area contributed by atoms with Gasteiger partial charge in [0.2, 0.25) is 5.60 Å². The van der Waals surface area contributed by atoms with E-state index in [-0.39, 0.29) is 18.6 Å². The topological polar surface area (TPSA) is 105 Å². The molecule has 0 bridgehead atoms.